The molecule has 2 saturated carbocycles. The molecule has 0 aromatic rings. The Morgan fingerprint density at radius 3 is 2.35 bits per heavy atom. The number of β-amino-alcohol motifs (C(OH)–C–C–N with tert-alkyl or cyclic N) is 1. The largest absolute Gasteiger partial charge is 0.392 e. The van der Waals surface area contributed by atoms with Crippen molar-refractivity contribution in [2.75, 3.05) is 19.6 Å². The van der Waals surface area contributed by atoms with Crippen LogP contribution in [0.5, 0.6) is 0 Å². The molecule has 1 saturated heterocycles. The van der Waals surface area contributed by atoms with E-state index in [9.17, 15) is 10.2 Å². The number of rotatable bonds is 3. The number of piperidine rings is 1. The third kappa shape index (κ3) is 1.97. The molecule has 1 unspecified atom stereocenters. The Kier molecular flexibility index (Phi) is 3.67. The second kappa shape index (κ2) is 4.96. The highest BCUT2D eigenvalue weighted by Gasteiger charge is 2.66. The molecule has 2 aliphatic carbocycles. The monoisotopic (exact) mass is 281 g/mol. The molecule has 1 aliphatic heterocycles. The molecule has 3 nitrogen and oxygen atoms in total. The van der Waals surface area contributed by atoms with Gasteiger partial charge in [0.25, 0.3) is 0 Å². The van der Waals surface area contributed by atoms with Gasteiger partial charge in [-0.05, 0) is 62.4 Å². The van der Waals surface area contributed by atoms with Crippen molar-refractivity contribution in [3.8, 4) is 0 Å². The van der Waals surface area contributed by atoms with E-state index in [1.54, 1.807) is 0 Å². The second-order valence-corrected chi connectivity index (χ2v) is 8.25. The van der Waals surface area contributed by atoms with Gasteiger partial charge in [0.1, 0.15) is 0 Å². The van der Waals surface area contributed by atoms with Crippen molar-refractivity contribution in [3.63, 3.8) is 0 Å². The van der Waals surface area contributed by atoms with Gasteiger partial charge in [0.15, 0.2) is 0 Å². The summed E-state index contributed by atoms with van der Waals surface area (Å²) in [5.74, 6) is 1.42. The highest BCUT2D eigenvalue weighted by Crippen LogP contribution is 2.67. The lowest BCUT2D eigenvalue weighted by atomic mass is 9.64. The molecule has 3 heteroatoms. The normalized spacial score (nSPS) is 43.0. The minimum Gasteiger partial charge on any atom is -0.392 e. The third-order valence-corrected chi connectivity index (χ3v) is 7.13. The molecular weight excluding hydrogens is 250 g/mol. The van der Waals surface area contributed by atoms with Crippen molar-refractivity contribution in [1.82, 2.24) is 4.90 Å². The van der Waals surface area contributed by atoms with Crippen LogP contribution in [0.25, 0.3) is 0 Å². The maximum Gasteiger partial charge on any atom is 0.0753 e. The molecule has 3 rings (SSSR count). The molecule has 0 radical (unpaired) electrons. The van der Waals surface area contributed by atoms with Crippen LogP contribution in [0.15, 0.2) is 0 Å². The van der Waals surface area contributed by atoms with Gasteiger partial charge in [-0.2, -0.15) is 0 Å². The zero-order chi connectivity index (χ0) is 14.5. The molecule has 4 atom stereocenters. The van der Waals surface area contributed by atoms with E-state index in [1.165, 1.54) is 19.3 Å². The minimum atomic E-state index is -0.381. The third-order valence-electron chi connectivity index (χ3n) is 7.13. The van der Waals surface area contributed by atoms with E-state index < -0.39 is 0 Å². The number of fused-ring (bicyclic) bond motifs is 2. The SMILES string of the molecule is CC1CCN(C[C@H](O)[C@]23CC[C@H](CC2O)C3(C)C)CC1. The number of nitrogens with zero attached hydrogens (tertiary/aromatic N) is 1. The molecule has 20 heavy (non-hydrogen) atoms. The van der Waals surface area contributed by atoms with Crippen molar-refractivity contribution in [2.24, 2.45) is 22.7 Å². The molecule has 2 bridgehead atoms. The fraction of sp³-hybridized carbons (Fsp3) is 1.00. The van der Waals surface area contributed by atoms with Gasteiger partial charge in [-0.15, -0.1) is 0 Å². The summed E-state index contributed by atoms with van der Waals surface area (Å²) >= 11 is 0. The number of hydrogen-bond acceptors (Lipinski definition) is 3. The summed E-state index contributed by atoms with van der Waals surface area (Å²) in [6.07, 6.45) is 4.86. The molecule has 0 spiro atoms. The summed E-state index contributed by atoms with van der Waals surface area (Å²) in [7, 11) is 0. The molecular formula is C17H31NO2. The average Bonchev–Trinajstić information content (AvgIpc) is 2.76. The van der Waals surface area contributed by atoms with Gasteiger partial charge in [-0.1, -0.05) is 20.8 Å². The van der Waals surface area contributed by atoms with Crippen LogP contribution in [-0.2, 0) is 0 Å². The Morgan fingerprint density at radius 1 is 1.20 bits per heavy atom. The predicted molar refractivity (Wildman–Crippen MR) is 80.4 cm³/mol. The van der Waals surface area contributed by atoms with Crippen LogP contribution in [-0.4, -0.2) is 47.0 Å². The Bertz CT molecular complexity index is 362. The zero-order valence-corrected chi connectivity index (χ0v) is 13.3. The highest BCUT2D eigenvalue weighted by atomic mass is 16.3. The Hall–Kier alpha value is -0.120. The summed E-state index contributed by atoms with van der Waals surface area (Å²) in [6, 6.07) is 0. The fourth-order valence-corrected chi connectivity index (χ4v) is 5.43. The number of hydrogen-bond donors (Lipinski definition) is 2. The summed E-state index contributed by atoms with van der Waals surface area (Å²) in [4.78, 5) is 2.41. The average molecular weight is 281 g/mol. The van der Waals surface area contributed by atoms with Crippen molar-refractivity contribution >= 4 is 0 Å². The molecule has 0 aromatic carbocycles. The zero-order valence-electron chi connectivity index (χ0n) is 13.3. The first-order chi connectivity index (χ1) is 9.38. The maximum atomic E-state index is 10.9. The van der Waals surface area contributed by atoms with E-state index in [-0.39, 0.29) is 23.0 Å². The molecule has 1 heterocycles. The minimum absolute atomic E-state index is 0.0783. The van der Waals surface area contributed by atoms with E-state index in [2.05, 4.69) is 25.7 Å². The predicted octanol–water partition coefficient (Wildman–Crippen LogP) is 2.27. The summed E-state index contributed by atoms with van der Waals surface area (Å²) < 4.78 is 0. The van der Waals surface area contributed by atoms with Crippen LogP contribution in [0.4, 0.5) is 0 Å². The molecule has 116 valence electrons. The molecule has 3 aliphatic rings. The molecule has 3 fully saturated rings. The molecule has 0 amide bonds. The first-order valence-electron chi connectivity index (χ1n) is 8.46. The van der Waals surface area contributed by atoms with Crippen molar-refractivity contribution in [1.29, 1.82) is 0 Å². The van der Waals surface area contributed by atoms with Gasteiger partial charge < -0.3 is 15.1 Å². The summed E-state index contributed by atoms with van der Waals surface area (Å²) in [6.45, 7) is 9.81. The van der Waals surface area contributed by atoms with Gasteiger partial charge in [-0.3, -0.25) is 0 Å². The van der Waals surface area contributed by atoms with Crippen LogP contribution in [0.1, 0.15) is 52.9 Å². The lowest BCUT2D eigenvalue weighted by molar-refractivity contribution is -0.109. The van der Waals surface area contributed by atoms with Crippen molar-refractivity contribution in [3.05, 3.63) is 0 Å². The van der Waals surface area contributed by atoms with E-state index in [0.29, 0.717) is 5.92 Å². The quantitative estimate of drug-likeness (QED) is 0.834. The van der Waals surface area contributed by atoms with Crippen LogP contribution in [0.3, 0.4) is 0 Å². The van der Waals surface area contributed by atoms with Gasteiger partial charge in [0.05, 0.1) is 12.2 Å². The lowest BCUT2D eigenvalue weighted by Gasteiger charge is -2.46. The van der Waals surface area contributed by atoms with Crippen LogP contribution >= 0.6 is 0 Å². The summed E-state index contributed by atoms with van der Waals surface area (Å²) in [5.41, 5.74) is -0.185. The molecule has 0 aromatic heterocycles. The fourth-order valence-electron chi connectivity index (χ4n) is 5.43. The van der Waals surface area contributed by atoms with Crippen LogP contribution in [0, 0.1) is 22.7 Å². The van der Waals surface area contributed by atoms with Gasteiger partial charge >= 0.3 is 0 Å². The Balaban J connectivity index is 1.71. The van der Waals surface area contributed by atoms with Crippen molar-refractivity contribution < 1.29 is 10.2 Å². The highest BCUT2D eigenvalue weighted by molar-refractivity contribution is 5.15. The first-order valence-corrected chi connectivity index (χ1v) is 8.46. The Morgan fingerprint density at radius 2 is 1.85 bits per heavy atom. The topological polar surface area (TPSA) is 43.7 Å². The van der Waals surface area contributed by atoms with Gasteiger partial charge in [0.2, 0.25) is 0 Å². The molecule has 2 N–H and O–H groups in total. The smallest absolute Gasteiger partial charge is 0.0753 e. The van der Waals surface area contributed by atoms with E-state index >= 15 is 0 Å². The van der Waals surface area contributed by atoms with E-state index in [4.69, 9.17) is 0 Å². The van der Waals surface area contributed by atoms with Gasteiger partial charge in [-0.25, -0.2) is 0 Å². The lowest BCUT2D eigenvalue weighted by Crippen LogP contribution is -2.53. The van der Waals surface area contributed by atoms with E-state index in [1.807, 2.05) is 0 Å². The number of aliphatic hydroxyl groups is 2. The number of aliphatic hydroxyl groups excluding tert-OH is 2. The van der Waals surface area contributed by atoms with E-state index in [0.717, 1.165) is 38.4 Å². The van der Waals surface area contributed by atoms with Gasteiger partial charge in [0, 0.05) is 12.0 Å². The Labute approximate surface area is 123 Å². The van der Waals surface area contributed by atoms with Crippen LogP contribution < -0.4 is 0 Å². The first kappa shape index (κ1) is 14.8. The van der Waals surface area contributed by atoms with Crippen molar-refractivity contribution in [2.45, 2.75) is 65.1 Å². The summed E-state index contributed by atoms with van der Waals surface area (Å²) in [5, 5.41) is 21.5. The maximum absolute atomic E-state index is 10.9. The number of likely N-dealkylation sites (tertiary alicyclic amines) is 1. The standard InChI is InChI=1S/C17H31NO2/c1-12-5-8-18(9-6-12)11-15(20)17-7-4-13(10-14(17)19)16(17,2)3/h12-15,19-20H,4-11H2,1-3H3/t13-,14?,15+,17+/m1/s1. The second-order valence-electron chi connectivity index (χ2n) is 8.25. The van der Waals surface area contributed by atoms with Crippen LogP contribution in [0.2, 0.25) is 0 Å².